The molecular weight excluding hydrogens is 222 g/mol. The van der Waals surface area contributed by atoms with Crippen molar-refractivity contribution in [2.75, 3.05) is 32.7 Å². The number of nitrogens with zero attached hydrogens (tertiary/aromatic N) is 1. The lowest BCUT2D eigenvalue weighted by Crippen LogP contribution is -2.50. The predicted molar refractivity (Wildman–Crippen MR) is 63.8 cm³/mol. The Morgan fingerprint density at radius 1 is 1.41 bits per heavy atom. The molecule has 0 unspecified atom stereocenters. The van der Waals surface area contributed by atoms with E-state index in [4.69, 9.17) is 5.11 Å². The standard InChI is InChI=1S/C11H21N3O3/c1-2-3-9(11(16)17)13-10(15)8-14-6-4-12-5-7-14/h9,12H,2-8H2,1H3,(H,13,15)(H,16,17)/t9-/m0/s1. The van der Waals surface area contributed by atoms with Gasteiger partial charge in [-0.2, -0.15) is 0 Å². The molecule has 1 rings (SSSR count). The van der Waals surface area contributed by atoms with Crippen LogP contribution in [0.25, 0.3) is 0 Å². The lowest BCUT2D eigenvalue weighted by Gasteiger charge is -2.27. The molecule has 3 N–H and O–H groups in total. The number of carbonyl (C=O) groups excluding carboxylic acids is 1. The van der Waals surface area contributed by atoms with Crippen LogP contribution in [0.4, 0.5) is 0 Å². The molecule has 1 aliphatic heterocycles. The molecular formula is C11H21N3O3. The number of aliphatic carboxylic acids is 1. The summed E-state index contributed by atoms with van der Waals surface area (Å²) in [5.41, 5.74) is 0. The van der Waals surface area contributed by atoms with Crippen molar-refractivity contribution >= 4 is 11.9 Å². The number of carboxylic acid groups (broad SMARTS) is 1. The van der Waals surface area contributed by atoms with E-state index in [0.29, 0.717) is 6.42 Å². The van der Waals surface area contributed by atoms with Crippen molar-refractivity contribution in [2.24, 2.45) is 0 Å². The number of hydrogen-bond donors (Lipinski definition) is 3. The molecule has 0 aromatic carbocycles. The molecule has 0 spiro atoms. The summed E-state index contributed by atoms with van der Waals surface area (Å²) < 4.78 is 0. The summed E-state index contributed by atoms with van der Waals surface area (Å²) in [6.07, 6.45) is 1.22. The molecule has 0 aromatic heterocycles. The fourth-order valence-corrected chi connectivity index (χ4v) is 1.86. The van der Waals surface area contributed by atoms with E-state index >= 15 is 0 Å². The van der Waals surface area contributed by atoms with Gasteiger partial charge in [0, 0.05) is 26.2 Å². The van der Waals surface area contributed by atoms with Crippen molar-refractivity contribution in [1.82, 2.24) is 15.5 Å². The second kappa shape index (κ2) is 7.24. The van der Waals surface area contributed by atoms with Crippen LogP contribution in [0.1, 0.15) is 19.8 Å². The molecule has 1 amide bonds. The molecule has 1 saturated heterocycles. The highest BCUT2D eigenvalue weighted by Gasteiger charge is 2.20. The number of hydrogen-bond acceptors (Lipinski definition) is 4. The van der Waals surface area contributed by atoms with E-state index in [1.54, 1.807) is 0 Å². The summed E-state index contributed by atoms with van der Waals surface area (Å²) in [7, 11) is 0. The van der Waals surface area contributed by atoms with Gasteiger partial charge in [-0.05, 0) is 6.42 Å². The summed E-state index contributed by atoms with van der Waals surface area (Å²) in [6, 6.07) is -0.754. The SMILES string of the molecule is CCC[C@H](NC(=O)CN1CCNCC1)C(=O)O. The number of amides is 1. The second-order valence-corrected chi connectivity index (χ2v) is 4.27. The topological polar surface area (TPSA) is 81.7 Å². The monoisotopic (exact) mass is 243 g/mol. The average Bonchev–Trinajstić information content (AvgIpc) is 2.29. The predicted octanol–water partition coefficient (Wildman–Crippen LogP) is -0.739. The van der Waals surface area contributed by atoms with E-state index in [2.05, 4.69) is 10.6 Å². The van der Waals surface area contributed by atoms with Crippen LogP contribution >= 0.6 is 0 Å². The van der Waals surface area contributed by atoms with Crippen LogP contribution in [0.2, 0.25) is 0 Å². The Hall–Kier alpha value is -1.14. The molecule has 1 heterocycles. The molecule has 1 atom stereocenters. The molecule has 1 fully saturated rings. The summed E-state index contributed by atoms with van der Waals surface area (Å²) in [4.78, 5) is 24.6. The van der Waals surface area contributed by atoms with Gasteiger partial charge in [-0.1, -0.05) is 13.3 Å². The Labute approximate surface area is 101 Å². The first-order valence-corrected chi connectivity index (χ1v) is 6.08. The van der Waals surface area contributed by atoms with Crippen molar-refractivity contribution in [3.05, 3.63) is 0 Å². The van der Waals surface area contributed by atoms with Crippen molar-refractivity contribution in [3.8, 4) is 0 Å². The number of piperazine rings is 1. The maximum Gasteiger partial charge on any atom is 0.326 e. The largest absolute Gasteiger partial charge is 0.480 e. The number of carbonyl (C=O) groups is 2. The summed E-state index contributed by atoms with van der Waals surface area (Å²) in [5, 5.41) is 14.7. The Morgan fingerprint density at radius 2 is 2.06 bits per heavy atom. The van der Waals surface area contributed by atoms with Crippen LogP contribution in [0, 0.1) is 0 Å². The van der Waals surface area contributed by atoms with Crippen molar-refractivity contribution in [2.45, 2.75) is 25.8 Å². The third kappa shape index (κ3) is 5.14. The van der Waals surface area contributed by atoms with Crippen LogP contribution in [0.5, 0.6) is 0 Å². The smallest absolute Gasteiger partial charge is 0.326 e. The quantitative estimate of drug-likeness (QED) is 0.572. The molecule has 0 aromatic rings. The molecule has 0 saturated carbocycles. The first kappa shape index (κ1) is 13.9. The van der Waals surface area contributed by atoms with Crippen LogP contribution < -0.4 is 10.6 Å². The third-order valence-corrected chi connectivity index (χ3v) is 2.79. The van der Waals surface area contributed by atoms with E-state index in [-0.39, 0.29) is 12.5 Å². The van der Waals surface area contributed by atoms with Crippen LogP contribution in [0.3, 0.4) is 0 Å². The highest BCUT2D eigenvalue weighted by atomic mass is 16.4. The van der Waals surface area contributed by atoms with Gasteiger partial charge in [0.25, 0.3) is 0 Å². The lowest BCUT2D eigenvalue weighted by molar-refractivity contribution is -0.142. The zero-order valence-corrected chi connectivity index (χ0v) is 10.2. The van der Waals surface area contributed by atoms with Crippen LogP contribution in [-0.2, 0) is 9.59 Å². The molecule has 98 valence electrons. The minimum Gasteiger partial charge on any atom is -0.480 e. The fraction of sp³-hybridized carbons (Fsp3) is 0.818. The summed E-state index contributed by atoms with van der Waals surface area (Å²) >= 11 is 0. The molecule has 6 heteroatoms. The van der Waals surface area contributed by atoms with Gasteiger partial charge in [0.05, 0.1) is 6.54 Å². The molecule has 6 nitrogen and oxygen atoms in total. The van der Waals surface area contributed by atoms with E-state index in [0.717, 1.165) is 32.6 Å². The molecule has 1 aliphatic rings. The first-order valence-electron chi connectivity index (χ1n) is 6.08. The lowest BCUT2D eigenvalue weighted by atomic mass is 10.1. The fourth-order valence-electron chi connectivity index (χ4n) is 1.86. The van der Waals surface area contributed by atoms with Crippen LogP contribution in [0.15, 0.2) is 0 Å². The van der Waals surface area contributed by atoms with E-state index in [1.165, 1.54) is 0 Å². The van der Waals surface area contributed by atoms with Gasteiger partial charge in [0.1, 0.15) is 6.04 Å². The number of rotatable bonds is 6. The van der Waals surface area contributed by atoms with Gasteiger partial charge >= 0.3 is 5.97 Å². The van der Waals surface area contributed by atoms with Crippen molar-refractivity contribution in [1.29, 1.82) is 0 Å². The highest BCUT2D eigenvalue weighted by Crippen LogP contribution is 1.98. The maximum atomic E-state index is 11.7. The van der Waals surface area contributed by atoms with Gasteiger partial charge in [0.2, 0.25) is 5.91 Å². The number of nitrogens with one attached hydrogen (secondary N) is 2. The normalized spacial score (nSPS) is 18.6. The van der Waals surface area contributed by atoms with Gasteiger partial charge in [-0.15, -0.1) is 0 Å². The van der Waals surface area contributed by atoms with E-state index < -0.39 is 12.0 Å². The minimum absolute atomic E-state index is 0.201. The summed E-state index contributed by atoms with van der Waals surface area (Å²) in [6.45, 7) is 5.61. The van der Waals surface area contributed by atoms with Gasteiger partial charge in [-0.3, -0.25) is 9.69 Å². The molecule has 0 aliphatic carbocycles. The maximum absolute atomic E-state index is 11.7. The molecule has 17 heavy (non-hydrogen) atoms. The molecule has 0 bridgehead atoms. The number of carboxylic acids is 1. The minimum atomic E-state index is -0.958. The van der Waals surface area contributed by atoms with Gasteiger partial charge < -0.3 is 15.7 Å². The third-order valence-electron chi connectivity index (χ3n) is 2.79. The Morgan fingerprint density at radius 3 is 2.59 bits per heavy atom. The highest BCUT2D eigenvalue weighted by molar-refractivity contribution is 5.84. The molecule has 0 radical (unpaired) electrons. The van der Waals surface area contributed by atoms with Crippen LogP contribution in [-0.4, -0.2) is 60.6 Å². The van der Waals surface area contributed by atoms with Gasteiger partial charge in [0.15, 0.2) is 0 Å². The second-order valence-electron chi connectivity index (χ2n) is 4.27. The zero-order valence-electron chi connectivity index (χ0n) is 10.2. The van der Waals surface area contributed by atoms with E-state index in [9.17, 15) is 9.59 Å². The summed E-state index contributed by atoms with van der Waals surface area (Å²) in [5.74, 6) is -1.16. The Balaban J connectivity index is 2.33. The Kier molecular flexibility index (Phi) is 5.93. The van der Waals surface area contributed by atoms with Crippen molar-refractivity contribution < 1.29 is 14.7 Å². The van der Waals surface area contributed by atoms with E-state index in [1.807, 2.05) is 11.8 Å². The zero-order chi connectivity index (χ0) is 12.7. The Bertz CT molecular complexity index is 265. The average molecular weight is 243 g/mol. The van der Waals surface area contributed by atoms with Crippen molar-refractivity contribution in [3.63, 3.8) is 0 Å². The van der Waals surface area contributed by atoms with Gasteiger partial charge in [-0.25, -0.2) is 4.79 Å². The first-order chi connectivity index (χ1) is 8.13.